The Morgan fingerprint density at radius 3 is 2.50 bits per heavy atom. The molecule has 0 aromatic heterocycles. The van der Waals surface area contributed by atoms with Gasteiger partial charge >= 0.3 is 0 Å². The van der Waals surface area contributed by atoms with Crippen LogP contribution < -0.4 is 10.2 Å². The Kier molecular flexibility index (Phi) is 5.12. The highest BCUT2D eigenvalue weighted by atomic mass is 19.1. The number of hydrogen-bond acceptors (Lipinski definition) is 3. The van der Waals surface area contributed by atoms with Crippen molar-refractivity contribution in [1.29, 1.82) is 0 Å². The smallest absolute Gasteiger partial charge is 0.255 e. The lowest BCUT2D eigenvalue weighted by molar-refractivity contribution is 0.102. The number of nitrogens with zero attached hydrogens (tertiary/aromatic N) is 1. The average molecular weight is 302 g/mol. The molecule has 0 aliphatic rings. The lowest BCUT2D eigenvalue weighted by Gasteiger charge is -2.18. The summed E-state index contributed by atoms with van der Waals surface area (Å²) < 4.78 is 13.5. The molecule has 5 heteroatoms. The van der Waals surface area contributed by atoms with E-state index in [0.29, 0.717) is 17.8 Å². The number of amides is 1. The normalized spacial score (nSPS) is 10.4. The molecule has 0 bridgehead atoms. The van der Waals surface area contributed by atoms with E-state index in [1.165, 1.54) is 6.07 Å². The SMILES string of the molecule is Cc1ccc(C(=O)Nc2ccc(N(C)CCO)cc2)cc1F. The molecule has 22 heavy (non-hydrogen) atoms. The van der Waals surface area contributed by atoms with Crippen molar-refractivity contribution < 1.29 is 14.3 Å². The van der Waals surface area contributed by atoms with Crippen molar-refractivity contribution in [1.82, 2.24) is 0 Å². The summed E-state index contributed by atoms with van der Waals surface area (Å²) in [5.74, 6) is -0.746. The van der Waals surface area contributed by atoms with E-state index in [4.69, 9.17) is 5.11 Å². The Morgan fingerprint density at radius 1 is 1.23 bits per heavy atom. The number of benzene rings is 2. The molecular weight excluding hydrogens is 283 g/mol. The van der Waals surface area contributed by atoms with Crippen molar-refractivity contribution in [3.63, 3.8) is 0 Å². The third kappa shape index (κ3) is 3.83. The van der Waals surface area contributed by atoms with Crippen LogP contribution in [0.5, 0.6) is 0 Å². The molecule has 2 aromatic carbocycles. The number of aliphatic hydroxyl groups excluding tert-OH is 1. The van der Waals surface area contributed by atoms with Crippen molar-refractivity contribution >= 4 is 17.3 Å². The fourth-order valence-electron chi connectivity index (χ4n) is 2.02. The van der Waals surface area contributed by atoms with Crippen LogP contribution in [0.1, 0.15) is 15.9 Å². The topological polar surface area (TPSA) is 52.6 Å². The van der Waals surface area contributed by atoms with Crippen LogP contribution in [0.25, 0.3) is 0 Å². The summed E-state index contributed by atoms with van der Waals surface area (Å²) in [6.07, 6.45) is 0. The van der Waals surface area contributed by atoms with Crippen LogP contribution in [-0.4, -0.2) is 31.2 Å². The van der Waals surface area contributed by atoms with Gasteiger partial charge in [-0.3, -0.25) is 4.79 Å². The Labute approximate surface area is 129 Å². The van der Waals surface area contributed by atoms with Crippen molar-refractivity contribution in [3.05, 3.63) is 59.4 Å². The molecule has 116 valence electrons. The molecule has 2 aromatic rings. The van der Waals surface area contributed by atoms with Gasteiger partial charge in [0.2, 0.25) is 0 Å². The quantitative estimate of drug-likeness (QED) is 0.893. The van der Waals surface area contributed by atoms with E-state index in [2.05, 4.69) is 5.32 Å². The monoisotopic (exact) mass is 302 g/mol. The molecule has 1 amide bonds. The highest BCUT2D eigenvalue weighted by molar-refractivity contribution is 6.04. The average Bonchev–Trinajstić information content (AvgIpc) is 2.51. The molecular formula is C17H19FN2O2. The first-order valence-electron chi connectivity index (χ1n) is 7.01. The molecule has 0 radical (unpaired) electrons. The van der Waals surface area contributed by atoms with E-state index in [9.17, 15) is 9.18 Å². The Balaban J connectivity index is 2.06. The minimum absolute atomic E-state index is 0.0774. The number of likely N-dealkylation sites (N-methyl/N-ethyl adjacent to an activating group) is 1. The number of rotatable bonds is 5. The first kappa shape index (κ1) is 16.0. The summed E-state index contributed by atoms with van der Waals surface area (Å²) in [5, 5.41) is 11.6. The second kappa shape index (κ2) is 7.04. The largest absolute Gasteiger partial charge is 0.395 e. The van der Waals surface area contributed by atoms with Gasteiger partial charge in [-0.2, -0.15) is 0 Å². The van der Waals surface area contributed by atoms with Crippen LogP contribution in [0, 0.1) is 12.7 Å². The summed E-state index contributed by atoms with van der Waals surface area (Å²) in [6, 6.07) is 11.6. The van der Waals surface area contributed by atoms with Crippen molar-refractivity contribution in [2.24, 2.45) is 0 Å². The third-order valence-corrected chi connectivity index (χ3v) is 3.44. The van der Waals surface area contributed by atoms with Crippen LogP contribution in [0.2, 0.25) is 0 Å². The van der Waals surface area contributed by atoms with Crippen LogP contribution in [0.4, 0.5) is 15.8 Å². The molecule has 0 fully saturated rings. The molecule has 0 unspecified atom stereocenters. The van der Waals surface area contributed by atoms with Gasteiger partial charge < -0.3 is 15.3 Å². The van der Waals surface area contributed by atoms with Gasteiger partial charge in [0.15, 0.2) is 0 Å². The molecule has 0 spiro atoms. The van der Waals surface area contributed by atoms with Crippen LogP contribution >= 0.6 is 0 Å². The first-order valence-corrected chi connectivity index (χ1v) is 7.01. The molecule has 0 atom stereocenters. The van der Waals surface area contributed by atoms with E-state index in [1.807, 2.05) is 24.1 Å². The summed E-state index contributed by atoms with van der Waals surface area (Å²) in [5.41, 5.74) is 2.36. The zero-order valence-electron chi connectivity index (χ0n) is 12.6. The van der Waals surface area contributed by atoms with Gasteiger partial charge in [0.05, 0.1) is 6.61 Å². The Bertz CT molecular complexity index is 656. The van der Waals surface area contributed by atoms with Gasteiger partial charge in [-0.1, -0.05) is 6.07 Å². The van der Waals surface area contributed by atoms with Gasteiger partial charge in [-0.25, -0.2) is 4.39 Å². The molecule has 4 nitrogen and oxygen atoms in total. The maximum absolute atomic E-state index is 13.5. The van der Waals surface area contributed by atoms with Crippen LogP contribution in [0.3, 0.4) is 0 Å². The van der Waals surface area contributed by atoms with E-state index < -0.39 is 5.82 Å². The highest BCUT2D eigenvalue weighted by Gasteiger charge is 2.09. The van der Waals surface area contributed by atoms with E-state index in [0.717, 1.165) is 5.69 Å². The summed E-state index contributed by atoms with van der Waals surface area (Å²) >= 11 is 0. The van der Waals surface area contributed by atoms with Gasteiger partial charge in [0, 0.05) is 30.5 Å². The maximum Gasteiger partial charge on any atom is 0.255 e. The fourth-order valence-corrected chi connectivity index (χ4v) is 2.02. The van der Waals surface area contributed by atoms with Crippen molar-refractivity contribution in [3.8, 4) is 0 Å². The van der Waals surface area contributed by atoms with Gasteiger partial charge in [-0.05, 0) is 48.9 Å². The maximum atomic E-state index is 13.5. The molecule has 0 aliphatic carbocycles. The fraction of sp³-hybridized carbons (Fsp3) is 0.235. The van der Waals surface area contributed by atoms with E-state index in [1.54, 1.807) is 31.2 Å². The standard InChI is InChI=1S/C17H19FN2O2/c1-12-3-4-13(11-16(12)18)17(22)19-14-5-7-15(8-6-14)20(2)9-10-21/h3-8,11,21H,9-10H2,1-2H3,(H,19,22). The van der Waals surface area contributed by atoms with Gasteiger partial charge in [-0.15, -0.1) is 0 Å². The number of aliphatic hydroxyl groups is 1. The van der Waals surface area contributed by atoms with Crippen LogP contribution in [0.15, 0.2) is 42.5 Å². The molecule has 2 rings (SSSR count). The van der Waals surface area contributed by atoms with E-state index >= 15 is 0 Å². The predicted octanol–water partition coefficient (Wildman–Crippen LogP) is 2.81. The van der Waals surface area contributed by atoms with Crippen molar-refractivity contribution in [2.75, 3.05) is 30.4 Å². The molecule has 0 saturated carbocycles. The van der Waals surface area contributed by atoms with E-state index in [-0.39, 0.29) is 18.1 Å². The van der Waals surface area contributed by atoms with Crippen molar-refractivity contribution in [2.45, 2.75) is 6.92 Å². The van der Waals surface area contributed by atoms with Crippen LogP contribution in [-0.2, 0) is 0 Å². The zero-order valence-corrected chi connectivity index (χ0v) is 12.6. The second-order valence-corrected chi connectivity index (χ2v) is 5.11. The summed E-state index contributed by atoms with van der Waals surface area (Å²) in [7, 11) is 1.87. The number of anilines is 2. The number of nitrogens with one attached hydrogen (secondary N) is 1. The zero-order chi connectivity index (χ0) is 16.1. The minimum Gasteiger partial charge on any atom is -0.395 e. The Hall–Kier alpha value is -2.40. The second-order valence-electron chi connectivity index (χ2n) is 5.11. The number of carbonyl (C=O) groups excluding carboxylic acids is 1. The number of carbonyl (C=O) groups is 1. The molecule has 2 N–H and O–H groups in total. The highest BCUT2D eigenvalue weighted by Crippen LogP contribution is 2.18. The minimum atomic E-state index is -0.395. The predicted molar refractivity (Wildman–Crippen MR) is 85.9 cm³/mol. The van der Waals surface area contributed by atoms with Gasteiger partial charge in [0.1, 0.15) is 5.82 Å². The summed E-state index contributed by atoms with van der Waals surface area (Å²) in [4.78, 5) is 14.0. The lowest BCUT2D eigenvalue weighted by atomic mass is 10.1. The molecule has 0 aliphatic heterocycles. The third-order valence-electron chi connectivity index (χ3n) is 3.44. The Morgan fingerprint density at radius 2 is 1.91 bits per heavy atom. The number of hydrogen-bond donors (Lipinski definition) is 2. The molecule has 0 saturated heterocycles. The molecule has 0 heterocycles. The van der Waals surface area contributed by atoms with Gasteiger partial charge in [0.25, 0.3) is 5.91 Å². The number of aryl methyl sites for hydroxylation is 1. The number of halogens is 1. The lowest BCUT2D eigenvalue weighted by Crippen LogP contribution is -2.21. The first-order chi connectivity index (χ1) is 10.5. The summed E-state index contributed by atoms with van der Waals surface area (Å²) in [6.45, 7) is 2.26.